The van der Waals surface area contributed by atoms with Gasteiger partial charge in [-0.25, -0.2) is 0 Å². The van der Waals surface area contributed by atoms with Crippen LogP contribution in [0.4, 0.5) is 0 Å². The molecule has 0 aliphatic rings. The molecule has 1 nitrogen and oxygen atoms in total. The van der Waals surface area contributed by atoms with Crippen LogP contribution in [0.5, 0.6) is 0 Å². The first-order valence-electron chi connectivity index (χ1n) is 11.3. The second-order valence-electron chi connectivity index (χ2n) is 7.69. The zero-order valence-electron chi connectivity index (χ0n) is 17.8. The van der Waals surface area contributed by atoms with E-state index >= 15 is 0 Å². The predicted molar refractivity (Wildman–Crippen MR) is 116 cm³/mol. The normalized spacial score (nSPS) is 12.8. The van der Waals surface area contributed by atoms with Crippen LogP contribution in [-0.2, 0) is 0 Å². The first-order valence-corrected chi connectivity index (χ1v) is 11.3. The molecule has 0 rings (SSSR count). The Balaban J connectivity index is 3.45. The van der Waals surface area contributed by atoms with Gasteiger partial charge in [0.2, 0.25) is 0 Å². The number of rotatable bonds is 19. The summed E-state index contributed by atoms with van der Waals surface area (Å²) in [5.74, 6) is 0.863. The van der Waals surface area contributed by atoms with Crippen LogP contribution in [0.25, 0.3) is 0 Å². The SMILES string of the molecule is C=C(CCNCCC/C=C\CCCCCC)CC(CC)CCCCC. The third-order valence-electron chi connectivity index (χ3n) is 5.14. The Morgan fingerprint density at radius 3 is 2.20 bits per heavy atom. The Bertz CT molecular complexity index is 305. The van der Waals surface area contributed by atoms with Gasteiger partial charge in [0.15, 0.2) is 0 Å². The molecule has 0 fully saturated rings. The van der Waals surface area contributed by atoms with Crippen molar-refractivity contribution in [2.45, 2.75) is 111 Å². The minimum atomic E-state index is 0.863. The minimum Gasteiger partial charge on any atom is -0.316 e. The van der Waals surface area contributed by atoms with E-state index in [1.165, 1.54) is 89.0 Å². The van der Waals surface area contributed by atoms with Gasteiger partial charge in [-0.2, -0.15) is 0 Å². The number of hydrogen-bond donors (Lipinski definition) is 1. The summed E-state index contributed by atoms with van der Waals surface area (Å²) in [6.07, 6.45) is 23.2. The van der Waals surface area contributed by atoms with Gasteiger partial charge in [-0.05, 0) is 57.5 Å². The highest BCUT2D eigenvalue weighted by molar-refractivity contribution is 4.96. The lowest BCUT2D eigenvalue weighted by Gasteiger charge is -2.16. The molecule has 0 bridgehead atoms. The van der Waals surface area contributed by atoms with E-state index < -0.39 is 0 Å². The van der Waals surface area contributed by atoms with Gasteiger partial charge < -0.3 is 5.32 Å². The fourth-order valence-electron chi connectivity index (χ4n) is 3.30. The average Bonchev–Trinajstić information content (AvgIpc) is 2.62. The summed E-state index contributed by atoms with van der Waals surface area (Å²) in [6.45, 7) is 13.4. The minimum absolute atomic E-state index is 0.863. The Labute approximate surface area is 159 Å². The molecule has 1 N–H and O–H groups in total. The molecular weight excluding hydrogens is 302 g/mol. The smallest absolute Gasteiger partial charge is 0.00117 e. The van der Waals surface area contributed by atoms with Gasteiger partial charge in [0.05, 0.1) is 0 Å². The Hall–Kier alpha value is -0.560. The summed E-state index contributed by atoms with van der Waals surface area (Å²) >= 11 is 0. The summed E-state index contributed by atoms with van der Waals surface area (Å²) in [6, 6.07) is 0. The predicted octanol–water partition coefficient (Wildman–Crippen LogP) is 7.83. The third kappa shape index (κ3) is 18.0. The van der Waals surface area contributed by atoms with Gasteiger partial charge in [-0.3, -0.25) is 0 Å². The first kappa shape index (κ1) is 24.4. The molecule has 1 unspecified atom stereocenters. The van der Waals surface area contributed by atoms with Crippen molar-refractivity contribution in [3.8, 4) is 0 Å². The Morgan fingerprint density at radius 2 is 1.52 bits per heavy atom. The van der Waals surface area contributed by atoms with E-state index in [-0.39, 0.29) is 0 Å². The maximum atomic E-state index is 4.31. The van der Waals surface area contributed by atoms with Gasteiger partial charge in [0.1, 0.15) is 0 Å². The van der Waals surface area contributed by atoms with Gasteiger partial charge in [0.25, 0.3) is 0 Å². The third-order valence-corrected chi connectivity index (χ3v) is 5.14. The van der Waals surface area contributed by atoms with Crippen LogP contribution in [0.2, 0.25) is 0 Å². The standard InChI is InChI=1S/C24H47N/c1-5-8-10-11-12-13-14-15-17-20-25-21-19-23(4)22-24(7-3)18-16-9-6-2/h13-14,24-25H,4-12,15-22H2,1-3H3/b14-13-. The Kier molecular flexibility index (Phi) is 19.3. The molecule has 0 aromatic carbocycles. The molecule has 1 atom stereocenters. The fraction of sp³-hybridized carbons (Fsp3) is 0.833. The van der Waals surface area contributed by atoms with Crippen molar-refractivity contribution in [1.29, 1.82) is 0 Å². The van der Waals surface area contributed by atoms with E-state index in [9.17, 15) is 0 Å². The number of hydrogen-bond acceptors (Lipinski definition) is 1. The van der Waals surface area contributed by atoms with Gasteiger partial charge in [0, 0.05) is 0 Å². The quantitative estimate of drug-likeness (QED) is 0.185. The zero-order chi connectivity index (χ0) is 18.6. The maximum absolute atomic E-state index is 4.31. The molecule has 0 aromatic rings. The highest BCUT2D eigenvalue weighted by atomic mass is 14.8. The summed E-state index contributed by atoms with van der Waals surface area (Å²) < 4.78 is 0. The average molecular weight is 350 g/mol. The number of nitrogens with one attached hydrogen (secondary N) is 1. The van der Waals surface area contributed by atoms with E-state index in [1.807, 2.05) is 0 Å². The first-order chi connectivity index (χ1) is 12.2. The molecule has 0 saturated carbocycles. The fourth-order valence-corrected chi connectivity index (χ4v) is 3.30. The van der Waals surface area contributed by atoms with E-state index in [4.69, 9.17) is 0 Å². The lowest BCUT2D eigenvalue weighted by Crippen LogP contribution is -2.17. The molecular formula is C24H47N. The monoisotopic (exact) mass is 349 g/mol. The highest BCUT2D eigenvalue weighted by Gasteiger charge is 2.07. The van der Waals surface area contributed by atoms with Crippen molar-refractivity contribution in [3.63, 3.8) is 0 Å². The van der Waals surface area contributed by atoms with E-state index in [0.29, 0.717) is 0 Å². The van der Waals surface area contributed by atoms with Gasteiger partial charge in [-0.15, -0.1) is 0 Å². The highest BCUT2D eigenvalue weighted by Crippen LogP contribution is 2.22. The molecule has 0 radical (unpaired) electrons. The maximum Gasteiger partial charge on any atom is -0.00117 e. The van der Waals surface area contributed by atoms with Crippen molar-refractivity contribution in [2.24, 2.45) is 5.92 Å². The van der Waals surface area contributed by atoms with E-state index in [0.717, 1.165) is 25.4 Å². The number of unbranched alkanes of at least 4 members (excludes halogenated alkanes) is 7. The van der Waals surface area contributed by atoms with Crippen molar-refractivity contribution >= 4 is 0 Å². The lowest BCUT2D eigenvalue weighted by molar-refractivity contribution is 0.436. The summed E-state index contributed by atoms with van der Waals surface area (Å²) in [4.78, 5) is 0. The van der Waals surface area contributed by atoms with Crippen LogP contribution < -0.4 is 5.32 Å². The molecule has 0 saturated heterocycles. The van der Waals surface area contributed by atoms with Crippen molar-refractivity contribution in [2.75, 3.05) is 13.1 Å². The summed E-state index contributed by atoms with van der Waals surface area (Å²) in [7, 11) is 0. The van der Waals surface area contributed by atoms with Crippen molar-refractivity contribution in [1.82, 2.24) is 5.32 Å². The molecule has 0 amide bonds. The van der Waals surface area contributed by atoms with Crippen LogP contribution in [-0.4, -0.2) is 13.1 Å². The van der Waals surface area contributed by atoms with Crippen LogP contribution in [0.15, 0.2) is 24.3 Å². The molecule has 1 heteroatoms. The van der Waals surface area contributed by atoms with Crippen LogP contribution in [0.1, 0.15) is 111 Å². The largest absolute Gasteiger partial charge is 0.316 e. The molecule has 0 aliphatic carbocycles. The number of allylic oxidation sites excluding steroid dienone is 2. The van der Waals surface area contributed by atoms with E-state index in [2.05, 4.69) is 44.8 Å². The molecule has 0 spiro atoms. The van der Waals surface area contributed by atoms with Crippen LogP contribution in [0, 0.1) is 5.92 Å². The summed E-state index contributed by atoms with van der Waals surface area (Å²) in [5, 5.41) is 3.58. The van der Waals surface area contributed by atoms with Crippen LogP contribution >= 0.6 is 0 Å². The Morgan fingerprint density at radius 1 is 0.840 bits per heavy atom. The molecule has 0 heterocycles. The van der Waals surface area contributed by atoms with Gasteiger partial charge in [-0.1, -0.05) is 96.4 Å². The van der Waals surface area contributed by atoms with E-state index in [1.54, 1.807) is 0 Å². The van der Waals surface area contributed by atoms with Crippen molar-refractivity contribution < 1.29 is 0 Å². The van der Waals surface area contributed by atoms with Gasteiger partial charge >= 0.3 is 0 Å². The van der Waals surface area contributed by atoms with Crippen molar-refractivity contribution in [3.05, 3.63) is 24.3 Å². The topological polar surface area (TPSA) is 12.0 Å². The molecule has 0 aliphatic heterocycles. The second kappa shape index (κ2) is 19.8. The van der Waals surface area contributed by atoms with Crippen LogP contribution in [0.3, 0.4) is 0 Å². The molecule has 25 heavy (non-hydrogen) atoms. The lowest BCUT2D eigenvalue weighted by atomic mass is 9.91. The molecule has 0 aromatic heterocycles. The zero-order valence-corrected chi connectivity index (χ0v) is 17.8. The second-order valence-corrected chi connectivity index (χ2v) is 7.69. The summed E-state index contributed by atoms with van der Waals surface area (Å²) in [5.41, 5.74) is 1.45. The molecule has 148 valence electrons.